The monoisotopic (exact) mass is 518 g/mol. The average Bonchev–Trinajstić information content (AvgIpc) is 3.11. The van der Waals surface area contributed by atoms with E-state index in [0.29, 0.717) is 5.69 Å². The van der Waals surface area contributed by atoms with Crippen molar-refractivity contribution in [2.75, 3.05) is 24.5 Å². The van der Waals surface area contributed by atoms with Crippen LogP contribution in [0.25, 0.3) is 0 Å². The van der Waals surface area contributed by atoms with Crippen molar-refractivity contribution >= 4 is 46.4 Å². The number of benzene rings is 2. The molecule has 0 bridgehead atoms. The predicted octanol–water partition coefficient (Wildman–Crippen LogP) is 6.65. The molecule has 0 spiro atoms. The van der Waals surface area contributed by atoms with Crippen molar-refractivity contribution in [3.63, 3.8) is 0 Å². The number of halogens is 9. The number of hydrogen-bond acceptors (Lipinski definition) is 2. The van der Waals surface area contributed by atoms with Gasteiger partial charge in [-0.2, -0.15) is 26.3 Å². The van der Waals surface area contributed by atoms with Crippen LogP contribution >= 0.6 is 34.8 Å². The number of carbonyl (C=O) groups excluding carboxylic acids is 1. The maximum absolute atomic E-state index is 14.2. The Balaban J connectivity index is 1.87. The summed E-state index contributed by atoms with van der Waals surface area (Å²) in [6.07, 6.45) is -9.49. The van der Waals surface area contributed by atoms with Crippen LogP contribution in [0.5, 0.6) is 0 Å². The van der Waals surface area contributed by atoms with Crippen LogP contribution in [-0.2, 0) is 5.41 Å². The summed E-state index contributed by atoms with van der Waals surface area (Å²) in [5.74, 6) is -1.04. The summed E-state index contributed by atoms with van der Waals surface area (Å²) in [5.41, 5.74) is -2.24. The molecule has 1 fully saturated rings. The highest BCUT2D eigenvalue weighted by atomic mass is 35.5. The Morgan fingerprint density at radius 3 is 2.16 bits per heavy atom. The van der Waals surface area contributed by atoms with Gasteiger partial charge >= 0.3 is 12.4 Å². The highest BCUT2D eigenvalue weighted by molar-refractivity contribution is 6.35. The lowest BCUT2D eigenvalue weighted by Gasteiger charge is -2.33. The van der Waals surface area contributed by atoms with Crippen LogP contribution in [0.15, 0.2) is 36.4 Å². The van der Waals surface area contributed by atoms with Crippen molar-refractivity contribution in [2.45, 2.75) is 24.2 Å². The second-order valence-electron chi connectivity index (χ2n) is 7.37. The summed E-state index contributed by atoms with van der Waals surface area (Å²) in [6, 6.07) is 7.56. The predicted molar refractivity (Wildman–Crippen MR) is 111 cm³/mol. The Morgan fingerprint density at radius 1 is 1.00 bits per heavy atom. The molecule has 1 saturated heterocycles. The van der Waals surface area contributed by atoms with E-state index < -0.39 is 36.8 Å². The third-order valence-corrected chi connectivity index (χ3v) is 5.99. The van der Waals surface area contributed by atoms with E-state index >= 15 is 0 Å². The van der Waals surface area contributed by atoms with Crippen molar-refractivity contribution in [1.29, 1.82) is 0 Å². The molecule has 1 N–H and O–H groups in total. The van der Waals surface area contributed by atoms with E-state index in [1.807, 2.05) is 0 Å². The first-order valence-electron chi connectivity index (χ1n) is 9.15. The molecule has 0 radical (unpaired) electrons. The van der Waals surface area contributed by atoms with Crippen LogP contribution in [0.1, 0.15) is 22.3 Å². The summed E-state index contributed by atoms with van der Waals surface area (Å²) in [5, 5.41) is 1.67. The minimum Gasteiger partial charge on any atom is -0.370 e. The molecule has 3 rings (SSSR count). The first kappa shape index (κ1) is 24.8. The van der Waals surface area contributed by atoms with Gasteiger partial charge in [0.25, 0.3) is 5.91 Å². The molecular weight excluding hydrogens is 505 g/mol. The Labute approximate surface area is 194 Å². The molecule has 12 heteroatoms. The largest absolute Gasteiger partial charge is 0.405 e. The highest BCUT2D eigenvalue weighted by Crippen LogP contribution is 2.49. The van der Waals surface area contributed by atoms with Gasteiger partial charge in [-0.05, 0) is 48.4 Å². The highest BCUT2D eigenvalue weighted by Gasteiger charge is 2.59. The Bertz CT molecular complexity index is 1010. The normalized spacial score (nSPS) is 19.3. The van der Waals surface area contributed by atoms with Gasteiger partial charge in [-0.1, -0.05) is 34.8 Å². The Hall–Kier alpha value is -1.84. The van der Waals surface area contributed by atoms with Crippen LogP contribution in [0.3, 0.4) is 0 Å². The molecule has 1 heterocycles. The van der Waals surface area contributed by atoms with E-state index in [1.165, 1.54) is 41.3 Å². The number of nitrogens with one attached hydrogen (secondary N) is 1. The quantitative estimate of drug-likeness (QED) is 0.459. The summed E-state index contributed by atoms with van der Waals surface area (Å²) in [6.45, 7) is -1.98. The fraction of sp³-hybridized carbons (Fsp3) is 0.350. The molecule has 3 nitrogen and oxygen atoms in total. The zero-order chi connectivity index (χ0) is 23.9. The molecule has 0 saturated carbocycles. The third-order valence-electron chi connectivity index (χ3n) is 5.24. The molecule has 0 aliphatic carbocycles. The molecule has 174 valence electrons. The SMILES string of the molecule is O=C(NCC(F)(F)F)c1ccc(N2CCC(c3cc(Cl)cc(Cl)c3)(C(F)(F)F)C2)cc1Cl. The van der Waals surface area contributed by atoms with Gasteiger partial charge in [-0.15, -0.1) is 0 Å². The molecule has 32 heavy (non-hydrogen) atoms. The molecule has 1 unspecified atom stereocenters. The van der Waals surface area contributed by atoms with Crippen molar-refractivity contribution < 1.29 is 31.1 Å². The van der Waals surface area contributed by atoms with E-state index in [0.717, 1.165) is 0 Å². The first-order valence-corrected chi connectivity index (χ1v) is 10.3. The summed E-state index contributed by atoms with van der Waals surface area (Å²) < 4.78 is 79.5. The standard InChI is InChI=1S/C20H15Cl3F6N2O/c21-12-5-11(6-13(22)7-12)18(20(27,28)29)3-4-31(10-18)14-1-2-15(16(23)8-14)17(32)30-9-19(24,25)26/h1-2,5-8H,3-4,9-10H2,(H,30,32). The maximum atomic E-state index is 14.2. The summed E-state index contributed by atoms with van der Waals surface area (Å²) >= 11 is 17.9. The number of nitrogens with zero attached hydrogens (tertiary/aromatic N) is 1. The van der Waals surface area contributed by atoms with Crippen molar-refractivity contribution in [3.05, 3.63) is 62.6 Å². The molecule has 1 atom stereocenters. The van der Waals surface area contributed by atoms with Gasteiger partial charge in [0.15, 0.2) is 0 Å². The van der Waals surface area contributed by atoms with Gasteiger partial charge < -0.3 is 10.2 Å². The minimum atomic E-state index is -4.61. The van der Waals surface area contributed by atoms with Gasteiger partial charge in [0.1, 0.15) is 12.0 Å². The van der Waals surface area contributed by atoms with E-state index in [-0.39, 0.29) is 39.2 Å². The van der Waals surface area contributed by atoms with E-state index in [1.54, 1.807) is 5.32 Å². The van der Waals surface area contributed by atoms with Crippen LogP contribution in [0.2, 0.25) is 15.1 Å². The zero-order valence-electron chi connectivity index (χ0n) is 16.0. The molecule has 1 amide bonds. The van der Waals surface area contributed by atoms with E-state index in [4.69, 9.17) is 34.8 Å². The Kier molecular flexibility index (Phi) is 6.85. The number of anilines is 1. The fourth-order valence-electron chi connectivity index (χ4n) is 3.65. The van der Waals surface area contributed by atoms with Gasteiger partial charge in [-0.25, -0.2) is 0 Å². The molecule has 2 aromatic carbocycles. The van der Waals surface area contributed by atoms with Gasteiger partial charge in [0.05, 0.1) is 10.6 Å². The topological polar surface area (TPSA) is 32.3 Å². The Morgan fingerprint density at radius 2 is 1.62 bits per heavy atom. The number of alkyl halides is 6. The molecular formula is C20H15Cl3F6N2O. The lowest BCUT2D eigenvalue weighted by molar-refractivity contribution is -0.184. The second-order valence-corrected chi connectivity index (χ2v) is 8.65. The number of hydrogen-bond donors (Lipinski definition) is 1. The molecule has 1 aliphatic heterocycles. The van der Waals surface area contributed by atoms with E-state index in [9.17, 15) is 31.1 Å². The smallest absolute Gasteiger partial charge is 0.370 e. The lowest BCUT2D eigenvalue weighted by atomic mass is 9.79. The fourth-order valence-corrected chi connectivity index (χ4v) is 4.44. The van der Waals surface area contributed by atoms with Gasteiger partial charge in [0.2, 0.25) is 0 Å². The van der Waals surface area contributed by atoms with Gasteiger partial charge in [-0.3, -0.25) is 4.79 Å². The van der Waals surface area contributed by atoms with Crippen molar-refractivity contribution in [1.82, 2.24) is 5.32 Å². The summed E-state index contributed by atoms with van der Waals surface area (Å²) in [4.78, 5) is 13.4. The first-order chi connectivity index (χ1) is 14.7. The maximum Gasteiger partial charge on any atom is 0.405 e. The third kappa shape index (κ3) is 5.21. The molecule has 1 aliphatic rings. The van der Waals surface area contributed by atoms with Crippen molar-refractivity contribution in [2.24, 2.45) is 0 Å². The van der Waals surface area contributed by atoms with Crippen LogP contribution in [0.4, 0.5) is 32.0 Å². The zero-order valence-corrected chi connectivity index (χ0v) is 18.3. The van der Waals surface area contributed by atoms with Crippen LogP contribution in [0, 0.1) is 0 Å². The van der Waals surface area contributed by atoms with Gasteiger partial charge in [0, 0.05) is 28.8 Å². The molecule has 0 aromatic heterocycles. The van der Waals surface area contributed by atoms with Crippen LogP contribution < -0.4 is 10.2 Å². The number of carbonyl (C=O) groups is 1. The summed E-state index contributed by atoms with van der Waals surface area (Å²) in [7, 11) is 0. The second kappa shape index (κ2) is 8.83. The number of amides is 1. The lowest BCUT2D eigenvalue weighted by Crippen LogP contribution is -2.44. The molecule has 2 aromatic rings. The van der Waals surface area contributed by atoms with Crippen LogP contribution in [-0.4, -0.2) is 37.9 Å². The average molecular weight is 520 g/mol. The van der Waals surface area contributed by atoms with Crippen molar-refractivity contribution in [3.8, 4) is 0 Å². The minimum absolute atomic E-state index is 0.0135. The number of rotatable bonds is 4. The van der Waals surface area contributed by atoms with E-state index in [2.05, 4.69) is 0 Å².